The summed E-state index contributed by atoms with van der Waals surface area (Å²) in [5.41, 5.74) is 1.42. The van der Waals surface area contributed by atoms with Crippen LogP contribution < -0.4 is 10.2 Å². The first kappa shape index (κ1) is 17.1. The van der Waals surface area contributed by atoms with Crippen LogP contribution in [-0.2, 0) is 23.1 Å². The van der Waals surface area contributed by atoms with Crippen molar-refractivity contribution in [3.8, 4) is 0 Å². The number of hydrogen-bond acceptors (Lipinski definition) is 3. The standard InChI is InChI=1S/C18H21FN4O2/c1-12-9-17(22(2)21-12)23-8-4-7-15(18(23)25)20-16(24)11-13-5-3-6-14(19)10-13/h3,5-6,9-10,15H,4,7-8,11H2,1-2H3,(H,20,24)/t15-/m0/s1. The second kappa shape index (κ2) is 7.04. The first-order valence-corrected chi connectivity index (χ1v) is 8.30. The fourth-order valence-corrected chi connectivity index (χ4v) is 3.16. The Morgan fingerprint density at radius 3 is 2.88 bits per heavy atom. The van der Waals surface area contributed by atoms with Gasteiger partial charge in [0, 0.05) is 19.7 Å². The van der Waals surface area contributed by atoms with Crippen LogP contribution in [0.4, 0.5) is 10.2 Å². The quantitative estimate of drug-likeness (QED) is 0.918. The third kappa shape index (κ3) is 3.87. The lowest BCUT2D eigenvalue weighted by molar-refractivity contribution is -0.128. The van der Waals surface area contributed by atoms with E-state index in [0.717, 1.165) is 17.9 Å². The lowest BCUT2D eigenvalue weighted by Crippen LogP contribution is -2.53. The van der Waals surface area contributed by atoms with Crippen LogP contribution in [-0.4, -0.2) is 34.2 Å². The average Bonchev–Trinajstić information content (AvgIpc) is 2.88. The molecule has 0 bridgehead atoms. The smallest absolute Gasteiger partial charge is 0.250 e. The summed E-state index contributed by atoms with van der Waals surface area (Å²) in [6, 6.07) is 7.21. The van der Waals surface area contributed by atoms with E-state index < -0.39 is 6.04 Å². The summed E-state index contributed by atoms with van der Waals surface area (Å²) in [4.78, 5) is 26.6. The largest absolute Gasteiger partial charge is 0.344 e. The van der Waals surface area contributed by atoms with Crippen LogP contribution >= 0.6 is 0 Å². The van der Waals surface area contributed by atoms with E-state index in [1.807, 2.05) is 13.0 Å². The van der Waals surface area contributed by atoms with Crippen molar-refractivity contribution in [2.45, 2.75) is 32.2 Å². The maximum Gasteiger partial charge on any atom is 0.250 e. The third-order valence-electron chi connectivity index (χ3n) is 4.28. The fourth-order valence-electron chi connectivity index (χ4n) is 3.16. The number of piperidine rings is 1. The number of anilines is 1. The molecule has 2 amide bonds. The molecule has 1 aromatic heterocycles. The van der Waals surface area contributed by atoms with Crippen molar-refractivity contribution in [2.24, 2.45) is 7.05 Å². The monoisotopic (exact) mass is 344 g/mol. The van der Waals surface area contributed by atoms with Crippen molar-refractivity contribution in [3.63, 3.8) is 0 Å². The van der Waals surface area contributed by atoms with Gasteiger partial charge in [-0.15, -0.1) is 0 Å². The molecule has 2 aromatic rings. The van der Waals surface area contributed by atoms with Gasteiger partial charge in [0.05, 0.1) is 12.1 Å². The number of aromatic nitrogens is 2. The van der Waals surface area contributed by atoms with Gasteiger partial charge in [0.15, 0.2) is 0 Å². The Balaban J connectivity index is 1.67. The summed E-state index contributed by atoms with van der Waals surface area (Å²) >= 11 is 0. The molecule has 0 radical (unpaired) electrons. The van der Waals surface area contributed by atoms with Crippen LogP contribution in [0.2, 0.25) is 0 Å². The molecule has 1 aromatic carbocycles. The lowest BCUT2D eigenvalue weighted by Gasteiger charge is -2.32. The average molecular weight is 344 g/mol. The minimum atomic E-state index is -0.565. The van der Waals surface area contributed by atoms with Crippen molar-refractivity contribution in [1.82, 2.24) is 15.1 Å². The van der Waals surface area contributed by atoms with Crippen molar-refractivity contribution in [3.05, 3.63) is 47.4 Å². The number of halogens is 1. The molecule has 1 N–H and O–H groups in total. The fraction of sp³-hybridized carbons (Fsp3) is 0.389. The summed E-state index contributed by atoms with van der Waals surface area (Å²) in [6.07, 6.45) is 1.44. The Kier molecular flexibility index (Phi) is 4.83. The molecule has 2 heterocycles. The molecule has 6 nitrogen and oxygen atoms in total. The van der Waals surface area contributed by atoms with Crippen molar-refractivity contribution in [1.29, 1.82) is 0 Å². The molecule has 3 rings (SSSR count). The summed E-state index contributed by atoms with van der Waals surface area (Å²) in [7, 11) is 1.79. The molecule has 7 heteroatoms. The molecular weight excluding hydrogens is 323 g/mol. The summed E-state index contributed by atoms with van der Waals surface area (Å²) < 4.78 is 14.9. The molecule has 0 spiro atoms. The lowest BCUT2D eigenvalue weighted by atomic mass is 10.0. The highest BCUT2D eigenvalue weighted by Crippen LogP contribution is 2.21. The Morgan fingerprint density at radius 2 is 2.20 bits per heavy atom. The second-order valence-corrected chi connectivity index (χ2v) is 6.33. The highest BCUT2D eigenvalue weighted by molar-refractivity contribution is 5.99. The molecule has 1 fully saturated rings. The van der Waals surface area contributed by atoms with Gasteiger partial charge >= 0.3 is 0 Å². The Hall–Kier alpha value is -2.70. The highest BCUT2D eigenvalue weighted by atomic mass is 19.1. The molecule has 1 atom stereocenters. The number of hydrogen-bond donors (Lipinski definition) is 1. The van der Waals surface area contributed by atoms with Crippen molar-refractivity contribution < 1.29 is 14.0 Å². The highest BCUT2D eigenvalue weighted by Gasteiger charge is 2.32. The number of aryl methyl sites for hydroxylation is 2. The number of nitrogens with one attached hydrogen (secondary N) is 1. The van der Waals surface area contributed by atoms with Crippen LogP contribution in [0.5, 0.6) is 0 Å². The van der Waals surface area contributed by atoms with Crippen LogP contribution in [0.15, 0.2) is 30.3 Å². The van der Waals surface area contributed by atoms with E-state index in [1.165, 1.54) is 12.1 Å². The van der Waals surface area contributed by atoms with Crippen molar-refractivity contribution >= 4 is 17.6 Å². The molecule has 1 aliphatic heterocycles. The van der Waals surface area contributed by atoms with E-state index >= 15 is 0 Å². The predicted octanol–water partition coefficient (Wildman–Crippen LogP) is 1.72. The van der Waals surface area contributed by atoms with Crippen molar-refractivity contribution in [2.75, 3.05) is 11.4 Å². The van der Waals surface area contributed by atoms with E-state index in [0.29, 0.717) is 18.5 Å². The number of amides is 2. The summed E-state index contributed by atoms with van der Waals surface area (Å²) in [6.45, 7) is 2.48. The van der Waals surface area contributed by atoms with Gasteiger partial charge in [-0.1, -0.05) is 12.1 Å². The van der Waals surface area contributed by atoms with Gasteiger partial charge in [0.1, 0.15) is 17.7 Å². The molecule has 0 unspecified atom stereocenters. The molecule has 132 valence electrons. The predicted molar refractivity (Wildman–Crippen MR) is 91.6 cm³/mol. The maximum atomic E-state index is 13.2. The van der Waals surface area contributed by atoms with E-state index in [-0.39, 0.29) is 24.1 Å². The number of nitrogens with zero attached hydrogens (tertiary/aromatic N) is 3. The minimum Gasteiger partial charge on any atom is -0.344 e. The van der Waals surface area contributed by atoms with Crippen LogP contribution in [0.3, 0.4) is 0 Å². The zero-order chi connectivity index (χ0) is 18.0. The normalized spacial score (nSPS) is 17.6. The molecule has 1 saturated heterocycles. The molecule has 1 aliphatic rings. The van der Waals surface area contributed by atoms with Gasteiger partial charge in [-0.2, -0.15) is 5.10 Å². The first-order chi connectivity index (χ1) is 11.9. The van der Waals surface area contributed by atoms with Gasteiger partial charge in [-0.3, -0.25) is 19.2 Å². The van der Waals surface area contributed by atoms with Gasteiger partial charge < -0.3 is 5.32 Å². The van der Waals surface area contributed by atoms with E-state index in [9.17, 15) is 14.0 Å². The van der Waals surface area contributed by atoms with Crippen LogP contribution in [0.25, 0.3) is 0 Å². The molecule has 0 aliphatic carbocycles. The first-order valence-electron chi connectivity index (χ1n) is 8.30. The van der Waals surface area contributed by atoms with Gasteiger partial charge in [-0.25, -0.2) is 4.39 Å². The van der Waals surface area contributed by atoms with Crippen LogP contribution in [0, 0.1) is 12.7 Å². The Morgan fingerprint density at radius 1 is 1.40 bits per heavy atom. The minimum absolute atomic E-state index is 0.0480. The second-order valence-electron chi connectivity index (χ2n) is 6.33. The number of carbonyl (C=O) groups excluding carboxylic acids is 2. The maximum absolute atomic E-state index is 13.2. The zero-order valence-corrected chi connectivity index (χ0v) is 14.3. The Labute approximate surface area is 145 Å². The SMILES string of the molecule is Cc1cc(N2CCC[C@H](NC(=O)Cc3cccc(F)c3)C2=O)n(C)n1. The summed E-state index contributed by atoms with van der Waals surface area (Å²) in [5.74, 6) is -0.0720. The molecular formula is C18H21FN4O2. The number of benzene rings is 1. The van der Waals surface area contributed by atoms with Gasteiger partial charge in [0.2, 0.25) is 5.91 Å². The zero-order valence-electron chi connectivity index (χ0n) is 14.3. The van der Waals surface area contributed by atoms with E-state index in [1.54, 1.807) is 28.8 Å². The summed E-state index contributed by atoms with van der Waals surface area (Å²) in [5, 5.41) is 7.05. The third-order valence-corrected chi connectivity index (χ3v) is 4.28. The van der Waals surface area contributed by atoms with E-state index in [4.69, 9.17) is 0 Å². The van der Waals surface area contributed by atoms with E-state index in [2.05, 4.69) is 10.4 Å². The van der Waals surface area contributed by atoms with Crippen LogP contribution in [0.1, 0.15) is 24.1 Å². The Bertz CT molecular complexity index is 802. The van der Waals surface area contributed by atoms with Gasteiger partial charge in [-0.05, 0) is 37.5 Å². The number of rotatable bonds is 4. The molecule has 0 saturated carbocycles. The number of carbonyl (C=O) groups is 2. The van der Waals surface area contributed by atoms with Gasteiger partial charge in [0.25, 0.3) is 5.91 Å². The molecule has 25 heavy (non-hydrogen) atoms. The topological polar surface area (TPSA) is 67.2 Å².